The number of nitrogens with zero attached hydrogens (tertiary/aromatic N) is 2. The van der Waals surface area contributed by atoms with Gasteiger partial charge in [0.25, 0.3) is 5.56 Å². The standard InChI is InChI=1S/C26H20N2O3/c1-31-26(30)22-12-10-20(11-13-22)18-28-17-16-21-14-15-23(27-24(21)25(28)29)9-5-8-19-6-3-2-4-7-19/h2-4,6-7,10-17H,8,18H2,1H3. The lowest BCUT2D eigenvalue weighted by Gasteiger charge is -2.08. The van der Waals surface area contributed by atoms with Gasteiger partial charge in [0.15, 0.2) is 0 Å². The third-order valence-corrected chi connectivity index (χ3v) is 4.90. The fourth-order valence-electron chi connectivity index (χ4n) is 3.24. The van der Waals surface area contributed by atoms with E-state index in [0.29, 0.717) is 29.7 Å². The van der Waals surface area contributed by atoms with Gasteiger partial charge in [-0.3, -0.25) is 4.79 Å². The van der Waals surface area contributed by atoms with Crippen molar-refractivity contribution in [2.24, 2.45) is 0 Å². The van der Waals surface area contributed by atoms with Crippen molar-refractivity contribution in [1.29, 1.82) is 0 Å². The molecule has 2 aromatic heterocycles. The van der Waals surface area contributed by atoms with E-state index in [1.165, 1.54) is 7.11 Å². The Morgan fingerprint density at radius 2 is 1.74 bits per heavy atom. The summed E-state index contributed by atoms with van der Waals surface area (Å²) in [5.74, 6) is 5.78. The van der Waals surface area contributed by atoms with Gasteiger partial charge in [-0.05, 0) is 47.4 Å². The smallest absolute Gasteiger partial charge is 0.337 e. The van der Waals surface area contributed by atoms with Crippen LogP contribution in [0, 0.1) is 11.8 Å². The molecule has 152 valence electrons. The highest BCUT2D eigenvalue weighted by Gasteiger charge is 2.08. The number of fused-ring (bicyclic) bond motifs is 1. The molecule has 0 aliphatic heterocycles. The van der Waals surface area contributed by atoms with Crippen LogP contribution in [0.1, 0.15) is 27.2 Å². The van der Waals surface area contributed by atoms with Gasteiger partial charge in [0.2, 0.25) is 0 Å². The first kappa shape index (κ1) is 20.1. The molecule has 4 aromatic rings. The van der Waals surface area contributed by atoms with Crippen molar-refractivity contribution >= 4 is 16.9 Å². The Bertz CT molecular complexity index is 1350. The highest BCUT2D eigenvalue weighted by molar-refractivity contribution is 5.89. The average Bonchev–Trinajstić information content (AvgIpc) is 2.82. The molecule has 0 N–H and O–H groups in total. The molecule has 0 aliphatic carbocycles. The van der Waals surface area contributed by atoms with Crippen molar-refractivity contribution in [2.45, 2.75) is 13.0 Å². The number of carbonyl (C=O) groups excluding carboxylic acids is 1. The third-order valence-electron chi connectivity index (χ3n) is 4.90. The van der Waals surface area contributed by atoms with Gasteiger partial charge in [-0.25, -0.2) is 9.78 Å². The Morgan fingerprint density at radius 1 is 0.968 bits per heavy atom. The van der Waals surface area contributed by atoms with E-state index < -0.39 is 0 Å². The molecule has 0 fully saturated rings. The molecular formula is C26H20N2O3. The first-order chi connectivity index (χ1) is 15.1. The van der Waals surface area contributed by atoms with Crippen LogP contribution in [0.5, 0.6) is 0 Å². The van der Waals surface area contributed by atoms with Crippen LogP contribution < -0.4 is 5.56 Å². The van der Waals surface area contributed by atoms with Crippen LogP contribution in [0.2, 0.25) is 0 Å². The second-order valence-electron chi connectivity index (χ2n) is 7.04. The van der Waals surface area contributed by atoms with Gasteiger partial charge in [-0.15, -0.1) is 0 Å². The minimum absolute atomic E-state index is 0.179. The minimum atomic E-state index is -0.389. The van der Waals surface area contributed by atoms with Gasteiger partial charge < -0.3 is 9.30 Å². The summed E-state index contributed by atoms with van der Waals surface area (Å²) in [4.78, 5) is 29.0. The largest absolute Gasteiger partial charge is 0.465 e. The predicted molar refractivity (Wildman–Crippen MR) is 120 cm³/mol. The summed E-state index contributed by atoms with van der Waals surface area (Å²) in [6, 6.07) is 22.5. The third kappa shape index (κ3) is 4.71. The van der Waals surface area contributed by atoms with Crippen LogP contribution in [0.15, 0.2) is 83.8 Å². The fraction of sp³-hybridized carbons (Fsp3) is 0.115. The molecule has 2 heterocycles. The molecule has 2 aromatic carbocycles. The molecular weight excluding hydrogens is 388 g/mol. The normalized spacial score (nSPS) is 10.4. The van der Waals surface area contributed by atoms with E-state index in [-0.39, 0.29) is 11.5 Å². The number of hydrogen-bond donors (Lipinski definition) is 0. The van der Waals surface area contributed by atoms with E-state index in [2.05, 4.69) is 16.8 Å². The maximum atomic E-state index is 13.0. The Balaban J connectivity index is 1.58. The number of methoxy groups -OCH3 is 1. The SMILES string of the molecule is COC(=O)c1ccc(Cn2ccc3ccc(C#CCc4ccccc4)nc3c2=O)cc1. The molecule has 0 saturated carbocycles. The number of hydrogen-bond acceptors (Lipinski definition) is 4. The van der Waals surface area contributed by atoms with Crippen molar-refractivity contribution < 1.29 is 9.53 Å². The second kappa shape index (κ2) is 9.10. The van der Waals surface area contributed by atoms with Gasteiger partial charge in [-0.2, -0.15) is 0 Å². The zero-order valence-corrected chi connectivity index (χ0v) is 17.0. The van der Waals surface area contributed by atoms with Crippen LogP contribution in [0.3, 0.4) is 0 Å². The maximum absolute atomic E-state index is 13.0. The molecule has 0 amide bonds. The number of ether oxygens (including phenoxy) is 1. The zero-order chi connectivity index (χ0) is 21.6. The lowest BCUT2D eigenvalue weighted by molar-refractivity contribution is 0.0600. The van der Waals surface area contributed by atoms with Crippen molar-refractivity contribution in [3.8, 4) is 11.8 Å². The summed E-state index contributed by atoms with van der Waals surface area (Å²) in [7, 11) is 1.35. The van der Waals surface area contributed by atoms with Crippen LogP contribution in [-0.2, 0) is 17.7 Å². The Kier molecular flexibility index (Phi) is 5.91. The summed E-state index contributed by atoms with van der Waals surface area (Å²) in [5.41, 5.74) is 3.28. The molecule has 0 atom stereocenters. The number of rotatable bonds is 4. The number of benzene rings is 2. The average molecular weight is 408 g/mol. The Morgan fingerprint density at radius 3 is 2.48 bits per heavy atom. The molecule has 0 aliphatic rings. The first-order valence-electron chi connectivity index (χ1n) is 9.84. The first-order valence-corrected chi connectivity index (χ1v) is 9.84. The second-order valence-corrected chi connectivity index (χ2v) is 7.04. The lowest BCUT2D eigenvalue weighted by Crippen LogP contribution is -2.21. The van der Waals surface area contributed by atoms with Crippen molar-refractivity contribution in [2.75, 3.05) is 7.11 Å². The van der Waals surface area contributed by atoms with Crippen LogP contribution >= 0.6 is 0 Å². The Hall–Kier alpha value is -4.17. The fourth-order valence-corrected chi connectivity index (χ4v) is 3.24. The quantitative estimate of drug-likeness (QED) is 0.380. The molecule has 0 bridgehead atoms. The van der Waals surface area contributed by atoms with E-state index in [1.54, 1.807) is 22.9 Å². The van der Waals surface area contributed by atoms with Gasteiger partial charge >= 0.3 is 5.97 Å². The summed E-state index contributed by atoms with van der Waals surface area (Å²) in [5, 5.41) is 0.774. The topological polar surface area (TPSA) is 61.2 Å². The summed E-state index contributed by atoms with van der Waals surface area (Å²) in [6.07, 6.45) is 2.38. The van der Waals surface area contributed by atoms with E-state index in [9.17, 15) is 9.59 Å². The highest BCUT2D eigenvalue weighted by atomic mass is 16.5. The van der Waals surface area contributed by atoms with Crippen molar-refractivity contribution in [3.05, 3.63) is 112 Å². The monoisotopic (exact) mass is 408 g/mol. The molecule has 5 nitrogen and oxygen atoms in total. The lowest BCUT2D eigenvalue weighted by atomic mass is 10.1. The van der Waals surface area contributed by atoms with E-state index in [4.69, 9.17) is 4.74 Å². The van der Waals surface area contributed by atoms with Crippen LogP contribution in [-0.4, -0.2) is 22.6 Å². The number of carbonyl (C=O) groups is 1. The van der Waals surface area contributed by atoms with E-state index in [0.717, 1.165) is 16.5 Å². The van der Waals surface area contributed by atoms with Crippen molar-refractivity contribution in [3.63, 3.8) is 0 Å². The molecule has 5 heteroatoms. The summed E-state index contributed by atoms with van der Waals surface area (Å²) < 4.78 is 6.31. The van der Waals surface area contributed by atoms with E-state index >= 15 is 0 Å². The number of esters is 1. The zero-order valence-electron chi connectivity index (χ0n) is 17.0. The molecule has 31 heavy (non-hydrogen) atoms. The molecule has 0 spiro atoms. The predicted octanol–water partition coefficient (Wildman–Crippen LogP) is 3.83. The molecule has 0 radical (unpaired) electrons. The summed E-state index contributed by atoms with van der Waals surface area (Å²) >= 11 is 0. The summed E-state index contributed by atoms with van der Waals surface area (Å²) in [6.45, 7) is 0.377. The van der Waals surface area contributed by atoms with Gasteiger partial charge in [0.1, 0.15) is 11.2 Å². The van der Waals surface area contributed by atoms with Gasteiger partial charge in [0, 0.05) is 18.0 Å². The minimum Gasteiger partial charge on any atom is -0.465 e. The van der Waals surface area contributed by atoms with Crippen LogP contribution in [0.25, 0.3) is 10.9 Å². The van der Waals surface area contributed by atoms with Crippen molar-refractivity contribution in [1.82, 2.24) is 9.55 Å². The van der Waals surface area contributed by atoms with E-state index in [1.807, 2.05) is 60.7 Å². The van der Waals surface area contributed by atoms with Crippen LogP contribution in [0.4, 0.5) is 0 Å². The van der Waals surface area contributed by atoms with Gasteiger partial charge in [0.05, 0.1) is 19.2 Å². The maximum Gasteiger partial charge on any atom is 0.337 e. The number of pyridine rings is 2. The number of aromatic nitrogens is 2. The van der Waals surface area contributed by atoms with Gasteiger partial charge in [-0.1, -0.05) is 48.4 Å². The molecule has 0 saturated heterocycles. The molecule has 0 unspecified atom stereocenters. The highest BCUT2D eigenvalue weighted by Crippen LogP contribution is 2.11. The molecule has 4 rings (SSSR count). The Labute approximate surface area is 180 Å².